The van der Waals surface area contributed by atoms with Crippen LogP contribution in [0.25, 0.3) is 11.5 Å². The predicted molar refractivity (Wildman–Crippen MR) is 77.2 cm³/mol. The third-order valence-corrected chi connectivity index (χ3v) is 5.18. The number of nitrogens with two attached hydrogens (primary N) is 1. The van der Waals surface area contributed by atoms with Gasteiger partial charge in [-0.2, -0.15) is 4.98 Å². The molecule has 0 saturated heterocycles. The Hall–Kier alpha value is -1.41. The Morgan fingerprint density at radius 3 is 2.85 bits per heavy atom. The standard InChI is InChI=1S/C12H15N3O3S2/c1-20(16,17)6-9-14-12(18-15-9)10-7-4-2-3-5-8(7)19-11(10)13/h2-6,13H2,1H3. The van der Waals surface area contributed by atoms with E-state index >= 15 is 0 Å². The Labute approximate surface area is 120 Å². The van der Waals surface area contributed by atoms with Gasteiger partial charge >= 0.3 is 0 Å². The van der Waals surface area contributed by atoms with Crippen LogP contribution in [0.1, 0.15) is 29.1 Å². The van der Waals surface area contributed by atoms with Crippen molar-refractivity contribution in [1.29, 1.82) is 0 Å². The van der Waals surface area contributed by atoms with E-state index in [9.17, 15) is 8.42 Å². The van der Waals surface area contributed by atoms with Gasteiger partial charge in [0.05, 0.1) is 10.6 Å². The van der Waals surface area contributed by atoms with Gasteiger partial charge in [0.15, 0.2) is 15.7 Å². The number of hydrogen-bond acceptors (Lipinski definition) is 7. The molecule has 0 atom stereocenters. The fourth-order valence-electron chi connectivity index (χ4n) is 2.47. The third kappa shape index (κ3) is 2.57. The molecule has 0 fully saturated rings. The maximum Gasteiger partial charge on any atom is 0.261 e. The lowest BCUT2D eigenvalue weighted by Crippen LogP contribution is -2.02. The number of hydrogen-bond donors (Lipinski definition) is 1. The number of sulfone groups is 1. The van der Waals surface area contributed by atoms with Crippen molar-refractivity contribution in [1.82, 2.24) is 10.1 Å². The molecule has 2 N–H and O–H groups in total. The fraction of sp³-hybridized carbons (Fsp3) is 0.500. The van der Waals surface area contributed by atoms with E-state index in [-0.39, 0.29) is 11.6 Å². The van der Waals surface area contributed by atoms with Gasteiger partial charge in [-0.1, -0.05) is 5.16 Å². The highest BCUT2D eigenvalue weighted by molar-refractivity contribution is 7.89. The number of thiophene rings is 1. The molecule has 2 heterocycles. The number of fused-ring (bicyclic) bond motifs is 1. The largest absolute Gasteiger partial charge is 0.390 e. The maximum atomic E-state index is 11.3. The van der Waals surface area contributed by atoms with Crippen molar-refractivity contribution in [2.24, 2.45) is 0 Å². The van der Waals surface area contributed by atoms with Gasteiger partial charge in [0.25, 0.3) is 5.89 Å². The number of aryl methyl sites for hydroxylation is 1. The second-order valence-corrected chi connectivity index (χ2v) is 8.31. The summed E-state index contributed by atoms with van der Waals surface area (Å²) in [6, 6.07) is 0. The third-order valence-electron chi connectivity index (χ3n) is 3.27. The lowest BCUT2D eigenvalue weighted by Gasteiger charge is -2.10. The maximum absolute atomic E-state index is 11.3. The lowest BCUT2D eigenvalue weighted by atomic mass is 9.95. The topological polar surface area (TPSA) is 99.1 Å². The van der Waals surface area contributed by atoms with Crippen molar-refractivity contribution in [3.05, 3.63) is 16.3 Å². The number of rotatable bonds is 3. The van der Waals surface area contributed by atoms with Crippen LogP contribution in [0.2, 0.25) is 0 Å². The molecule has 6 nitrogen and oxygen atoms in total. The molecule has 0 bridgehead atoms. The summed E-state index contributed by atoms with van der Waals surface area (Å²) in [5.41, 5.74) is 8.05. The number of nitrogen functional groups attached to an aromatic ring is 1. The molecule has 0 unspecified atom stereocenters. The minimum absolute atomic E-state index is 0.178. The molecule has 2 aromatic rings. The van der Waals surface area contributed by atoms with E-state index in [0.29, 0.717) is 10.9 Å². The minimum Gasteiger partial charge on any atom is -0.390 e. The zero-order chi connectivity index (χ0) is 14.3. The monoisotopic (exact) mass is 313 g/mol. The van der Waals surface area contributed by atoms with Crippen molar-refractivity contribution >= 4 is 26.2 Å². The first-order chi connectivity index (χ1) is 9.44. The van der Waals surface area contributed by atoms with Crippen LogP contribution in [-0.4, -0.2) is 24.8 Å². The predicted octanol–water partition coefficient (Wildman–Crippen LogP) is 1.80. The van der Waals surface area contributed by atoms with Gasteiger partial charge in [-0.3, -0.25) is 0 Å². The molecule has 108 valence electrons. The zero-order valence-electron chi connectivity index (χ0n) is 11.0. The quantitative estimate of drug-likeness (QED) is 0.927. The number of aromatic nitrogens is 2. The highest BCUT2D eigenvalue weighted by Crippen LogP contribution is 2.41. The van der Waals surface area contributed by atoms with Crippen LogP contribution in [0.3, 0.4) is 0 Å². The Bertz CT molecular complexity index is 746. The molecule has 0 radical (unpaired) electrons. The van der Waals surface area contributed by atoms with Crippen LogP contribution in [0.15, 0.2) is 4.52 Å². The van der Waals surface area contributed by atoms with Gasteiger partial charge in [-0.05, 0) is 31.2 Å². The van der Waals surface area contributed by atoms with Crippen LogP contribution in [0.5, 0.6) is 0 Å². The number of anilines is 1. The molecule has 0 aliphatic heterocycles. The molecule has 3 rings (SSSR count). The summed E-state index contributed by atoms with van der Waals surface area (Å²) in [5, 5.41) is 4.40. The minimum atomic E-state index is -3.17. The highest BCUT2D eigenvalue weighted by Gasteiger charge is 2.24. The summed E-state index contributed by atoms with van der Waals surface area (Å²) in [5.74, 6) is 0.293. The lowest BCUT2D eigenvalue weighted by molar-refractivity contribution is 0.424. The fourth-order valence-corrected chi connectivity index (χ4v) is 4.21. The van der Waals surface area contributed by atoms with Crippen molar-refractivity contribution in [2.45, 2.75) is 31.4 Å². The Morgan fingerprint density at radius 1 is 1.35 bits per heavy atom. The van der Waals surface area contributed by atoms with Crippen molar-refractivity contribution in [2.75, 3.05) is 12.0 Å². The Kier molecular flexibility index (Phi) is 3.29. The van der Waals surface area contributed by atoms with Gasteiger partial charge < -0.3 is 10.3 Å². The molecule has 1 aliphatic carbocycles. The first-order valence-corrected chi connectivity index (χ1v) is 9.22. The Balaban J connectivity index is 2.00. The molecule has 8 heteroatoms. The average molecular weight is 313 g/mol. The summed E-state index contributed by atoms with van der Waals surface area (Å²) >= 11 is 1.57. The van der Waals surface area contributed by atoms with E-state index < -0.39 is 9.84 Å². The van der Waals surface area contributed by atoms with E-state index in [1.54, 1.807) is 11.3 Å². The van der Waals surface area contributed by atoms with Gasteiger partial charge in [0, 0.05) is 11.1 Å². The smallest absolute Gasteiger partial charge is 0.261 e. The molecule has 0 amide bonds. The highest BCUT2D eigenvalue weighted by atomic mass is 32.2. The van der Waals surface area contributed by atoms with Crippen LogP contribution in [0.4, 0.5) is 5.00 Å². The molecule has 0 aromatic carbocycles. The van der Waals surface area contributed by atoms with Crippen LogP contribution in [-0.2, 0) is 28.4 Å². The first-order valence-electron chi connectivity index (χ1n) is 6.35. The van der Waals surface area contributed by atoms with Crippen molar-refractivity contribution in [3.8, 4) is 11.5 Å². The van der Waals surface area contributed by atoms with Gasteiger partial charge in [0.2, 0.25) is 0 Å². The first kappa shape index (κ1) is 13.6. The molecule has 0 saturated carbocycles. The Morgan fingerprint density at radius 2 is 2.10 bits per heavy atom. The van der Waals surface area contributed by atoms with E-state index in [2.05, 4.69) is 10.1 Å². The number of nitrogens with zero attached hydrogens (tertiary/aromatic N) is 2. The van der Waals surface area contributed by atoms with E-state index in [1.807, 2.05) is 0 Å². The van der Waals surface area contributed by atoms with E-state index in [1.165, 1.54) is 16.9 Å². The van der Waals surface area contributed by atoms with Crippen LogP contribution in [0, 0.1) is 0 Å². The van der Waals surface area contributed by atoms with E-state index in [0.717, 1.165) is 31.1 Å². The van der Waals surface area contributed by atoms with Gasteiger partial charge in [0.1, 0.15) is 5.75 Å². The van der Waals surface area contributed by atoms with Gasteiger partial charge in [-0.25, -0.2) is 8.42 Å². The summed E-state index contributed by atoms with van der Waals surface area (Å²) in [7, 11) is -3.17. The molecule has 0 spiro atoms. The average Bonchev–Trinajstić information content (AvgIpc) is 2.89. The second kappa shape index (κ2) is 4.85. The van der Waals surface area contributed by atoms with Crippen LogP contribution >= 0.6 is 11.3 Å². The summed E-state index contributed by atoms with van der Waals surface area (Å²) in [6.07, 6.45) is 5.44. The second-order valence-electron chi connectivity index (χ2n) is 5.04. The van der Waals surface area contributed by atoms with Crippen molar-refractivity contribution < 1.29 is 12.9 Å². The molecule has 20 heavy (non-hydrogen) atoms. The summed E-state index contributed by atoms with van der Waals surface area (Å²) in [4.78, 5) is 5.46. The zero-order valence-corrected chi connectivity index (χ0v) is 12.7. The molecule has 2 aromatic heterocycles. The normalized spacial score (nSPS) is 15.2. The molecule has 1 aliphatic rings. The summed E-state index contributed by atoms with van der Waals surface area (Å²) < 4.78 is 27.7. The van der Waals surface area contributed by atoms with Crippen molar-refractivity contribution in [3.63, 3.8) is 0 Å². The van der Waals surface area contributed by atoms with Gasteiger partial charge in [-0.15, -0.1) is 11.3 Å². The summed E-state index contributed by atoms with van der Waals surface area (Å²) in [6.45, 7) is 0. The molecular formula is C12H15N3O3S2. The molecular weight excluding hydrogens is 298 g/mol. The van der Waals surface area contributed by atoms with Crippen LogP contribution < -0.4 is 5.73 Å². The SMILES string of the molecule is CS(=O)(=O)Cc1noc(-c2c(N)sc3c2CCCC3)n1. The van der Waals surface area contributed by atoms with E-state index in [4.69, 9.17) is 10.3 Å².